The number of amides is 1. The largest absolute Gasteiger partial charge is 0.381 e. The average molecular weight is 469 g/mol. The summed E-state index contributed by atoms with van der Waals surface area (Å²) in [6.45, 7) is 2.56. The van der Waals surface area contributed by atoms with Crippen LogP contribution in [0.3, 0.4) is 0 Å². The molecule has 1 fully saturated rings. The lowest BCUT2D eigenvalue weighted by atomic mass is 9.92. The number of nitrogens with one attached hydrogen (secondary N) is 1. The summed E-state index contributed by atoms with van der Waals surface area (Å²) in [7, 11) is 0. The molecule has 2 aromatic carbocycles. The number of carbonyl (C=O) groups is 1. The number of carbonyl (C=O) groups excluding carboxylic acids is 1. The molecule has 0 aliphatic carbocycles. The molecule has 8 nitrogen and oxygen atoms in total. The zero-order chi connectivity index (χ0) is 24.0. The number of aromatic nitrogens is 3. The maximum Gasteiger partial charge on any atom is 0.244 e. The monoisotopic (exact) mass is 469 g/mol. The van der Waals surface area contributed by atoms with Crippen molar-refractivity contribution in [2.75, 3.05) is 37.7 Å². The van der Waals surface area contributed by atoms with E-state index in [1.807, 2.05) is 24.3 Å². The third kappa shape index (κ3) is 5.83. The second-order valence-electron chi connectivity index (χ2n) is 7.99. The van der Waals surface area contributed by atoms with Gasteiger partial charge in [0.05, 0.1) is 26.3 Å². The van der Waals surface area contributed by atoms with E-state index in [-0.39, 0.29) is 18.7 Å². The van der Waals surface area contributed by atoms with Gasteiger partial charge in [0, 0.05) is 36.5 Å². The Bertz CT molecular complexity index is 1130. The van der Waals surface area contributed by atoms with Crippen molar-refractivity contribution < 1.29 is 23.4 Å². The normalized spacial score (nSPS) is 15.9. The summed E-state index contributed by atoms with van der Waals surface area (Å²) in [5, 5.41) is 17.7. The SMILES string of the molecule is O=C(/C=C/c1ccc(N2CCOCC2)cc1)NCC(O)(Cn1cncn1)c1ccc(F)cc1F. The van der Waals surface area contributed by atoms with Gasteiger partial charge in [-0.2, -0.15) is 5.10 Å². The van der Waals surface area contributed by atoms with Crippen LogP contribution in [0.2, 0.25) is 0 Å². The van der Waals surface area contributed by atoms with Crippen LogP contribution in [0.15, 0.2) is 61.2 Å². The molecule has 2 heterocycles. The Balaban J connectivity index is 1.41. The van der Waals surface area contributed by atoms with Crippen molar-refractivity contribution in [1.82, 2.24) is 20.1 Å². The molecule has 1 aliphatic rings. The molecule has 0 saturated carbocycles. The van der Waals surface area contributed by atoms with E-state index in [2.05, 4.69) is 20.3 Å². The van der Waals surface area contributed by atoms with Crippen molar-refractivity contribution in [2.24, 2.45) is 0 Å². The van der Waals surface area contributed by atoms with Gasteiger partial charge in [-0.05, 0) is 29.8 Å². The van der Waals surface area contributed by atoms with E-state index >= 15 is 0 Å². The zero-order valence-electron chi connectivity index (χ0n) is 18.4. The van der Waals surface area contributed by atoms with Crippen LogP contribution in [0.25, 0.3) is 6.08 Å². The summed E-state index contributed by atoms with van der Waals surface area (Å²) >= 11 is 0. The summed E-state index contributed by atoms with van der Waals surface area (Å²) in [5.74, 6) is -2.17. The first-order valence-corrected chi connectivity index (χ1v) is 10.8. The van der Waals surface area contributed by atoms with Gasteiger partial charge in [0.1, 0.15) is 29.9 Å². The molecule has 34 heavy (non-hydrogen) atoms. The topological polar surface area (TPSA) is 92.5 Å². The first-order chi connectivity index (χ1) is 16.4. The molecule has 1 aliphatic heterocycles. The van der Waals surface area contributed by atoms with Crippen molar-refractivity contribution in [3.8, 4) is 0 Å². The summed E-state index contributed by atoms with van der Waals surface area (Å²) < 4.78 is 34.5. The number of anilines is 1. The Labute approximate surface area is 195 Å². The highest BCUT2D eigenvalue weighted by Gasteiger charge is 2.34. The molecule has 1 unspecified atom stereocenters. The molecule has 1 saturated heterocycles. The van der Waals surface area contributed by atoms with E-state index < -0.39 is 23.1 Å². The second-order valence-corrected chi connectivity index (χ2v) is 7.99. The molecule has 1 atom stereocenters. The molecular weight excluding hydrogens is 444 g/mol. The number of halogens is 2. The lowest BCUT2D eigenvalue weighted by molar-refractivity contribution is -0.118. The molecule has 3 aromatic rings. The maximum atomic E-state index is 14.5. The van der Waals surface area contributed by atoms with Gasteiger partial charge in [0.2, 0.25) is 5.91 Å². The molecule has 178 valence electrons. The smallest absolute Gasteiger partial charge is 0.244 e. The molecule has 4 rings (SSSR count). The molecule has 1 aromatic heterocycles. The first-order valence-electron chi connectivity index (χ1n) is 10.8. The van der Waals surface area contributed by atoms with E-state index in [9.17, 15) is 18.7 Å². The number of ether oxygens (including phenoxy) is 1. The van der Waals surface area contributed by atoms with Gasteiger partial charge in [0.15, 0.2) is 0 Å². The summed E-state index contributed by atoms with van der Waals surface area (Å²) in [6, 6.07) is 10.7. The Morgan fingerprint density at radius 3 is 2.62 bits per heavy atom. The minimum Gasteiger partial charge on any atom is -0.381 e. The highest BCUT2D eigenvalue weighted by atomic mass is 19.1. The van der Waals surface area contributed by atoms with Crippen LogP contribution in [-0.2, 0) is 21.7 Å². The van der Waals surface area contributed by atoms with Gasteiger partial charge in [-0.25, -0.2) is 18.4 Å². The molecule has 0 radical (unpaired) electrons. The Morgan fingerprint density at radius 1 is 1.18 bits per heavy atom. The number of benzene rings is 2. The second kappa shape index (κ2) is 10.5. The highest BCUT2D eigenvalue weighted by Crippen LogP contribution is 2.26. The summed E-state index contributed by atoms with van der Waals surface area (Å²) in [5.41, 5.74) is -0.124. The fourth-order valence-electron chi connectivity index (χ4n) is 3.77. The van der Waals surface area contributed by atoms with Crippen molar-refractivity contribution in [3.63, 3.8) is 0 Å². The van der Waals surface area contributed by atoms with Crippen molar-refractivity contribution in [1.29, 1.82) is 0 Å². The van der Waals surface area contributed by atoms with Gasteiger partial charge in [-0.1, -0.05) is 18.2 Å². The van der Waals surface area contributed by atoms with E-state index in [1.165, 1.54) is 23.4 Å². The molecule has 0 bridgehead atoms. The van der Waals surface area contributed by atoms with E-state index in [0.29, 0.717) is 19.3 Å². The van der Waals surface area contributed by atoms with E-state index in [0.717, 1.165) is 36.5 Å². The fourth-order valence-corrected chi connectivity index (χ4v) is 3.77. The average Bonchev–Trinajstić information content (AvgIpc) is 3.35. The lowest BCUT2D eigenvalue weighted by Crippen LogP contribution is -2.44. The van der Waals surface area contributed by atoms with Crippen LogP contribution in [0.1, 0.15) is 11.1 Å². The minimum atomic E-state index is -1.88. The van der Waals surface area contributed by atoms with Crippen LogP contribution in [0.5, 0.6) is 0 Å². The molecule has 10 heteroatoms. The van der Waals surface area contributed by atoms with E-state index in [1.54, 1.807) is 6.08 Å². The number of morpholine rings is 1. The van der Waals surface area contributed by atoms with Crippen LogP contribution >= 0.6 is 0 Å². The third-order valence-electron chi connectivity index (χ3n) is 5.57. The summed E-state index contributed by atoms with van der Waals surface area (Å²) in [4.78, 5) is 18.5. The third-order valence-corrected chi connectivity index (χ3v) is 5.57. The van der Waals surface area contributed by atoms with Gasteiger partial charge < -0.3 is 20.1 Å². The number of hydrogen-bond donors (Lipinski definition) is 2. The highest BCUT2D eigenvalue weighted by molar-refractivity contribution is 5.91. The molecular formula is C24H25F2N5O3. The number of hydrogen-bond acceptors (Lipinski definition) is 6. The van der Waals surface area contributed by atoms with Gasteiger partial charge >= 0.3 is 0 Å². The van der Waals surface area contributed by atoms with Gasteiger partial charge in [0.25, 0.3) is 0 Å². The number of nitrogens with zero attached hydrogens (tertiary/aromatic N) is 4. The molecule has 1 amide bonds. The zero-order valence-corrected chi connectivity index (χ0v) is 18.4. The van der Waals surface area contributed by atoms with Crippen molar-refractivity contribution in [2.45, 2.75) is 12.1 Å². The minimum absolute atomic E-state index is 0.160. The molecule has 0 spiro atoms. The van der Waals surface area contributed by atoms with Crippen LogP contribution in [0.4, 0.5) is 14.5 Å². The predicted octanol–water partition coefficient (Wildman–Crippen LogP) is 2.11. The Hall–Kier alpha value is -3.63. The Morgan fingerprint density at radius 2 is 1.94 bits per heavy atom. The fraction of sp³-hybridized carbons (Fsp3) is 0.292. The van der Waals surface area contributed by atoms with Crippen molar-refractivity contribution in [3.05, 3.63) is 84.0 Å². The van der Waals surface area contributed by atoms with E-state index in [4.69, 9.17) is 4.74 Å². The summed E-state index contributed by atoms with van der Waals surface area (Å²) in [6.07, 6.45) is 5.61. The van der Waals surface area contributed by atoms with Crippen LogP contribution < -0.4 is 10.2 Å². The van der Waals surface area contributed by atoms with Crippen LogP contribution in [-0.4, -0.2) is 58.6 Å². The quantitative estimate of drug-likeness (QED) is 0.491. The predicted molar refractivity (Wildman–Crippen MR) is 122 cm³/mol. The first kappa shape index (κ1) is 23.5. The number of aliphatic hydroxyl groups is 1. The standard InChI is InChI=1S/C24H25F2N5O3/c25-19-4-7-21(22(26)13-19)24(33,15-31-17-27-16-29-31)14-28-23(32)8-3-18-1-5-20(6-2-18)30-9-11-34-12-10-30/h1-8,13,16-17,33H,9-12,14-15H2,(H,28,32)/b8-3+. The molecule has 2 N–H and O–H groups in total. The van der Waals surface area contributed by atoms with Crippen LogP contribution in [0, 0.1) is 11.6 Å². The number of rotatable bonds is 8. The Kier molecular flexibility index (Phi) is 7.29. The maximum absolute atomic E-state index is 14.5. The lowest BCUT2D eigenvalue weighted by Gasteiger charge is -2.29. The van der Waals surface area contributed by atoms with Crippen molar-refractivity contribution >= 4 is 17.7 Å². The van der Waals surface area contributed by atoms with Gasteiger partial charge in [-0.15, -0.1) is 0 Å². The van der Waals surface area contributed by atoms with Gasteiger partial charge in [-0.3, -0.25) is 4.79 Å².